The van der Waals surface area contributed by atoms with E-state index in [2.05, 4.69) is 36.5 Å². The second kappa shape index (κ2) is 6.47. The Morgan fingerprint density at radius 3 is 2.80 bits per heavy atom. The van der Waals surface area contributed by atoms with Crippen LogP contribution in [0.1, 0.15) is 24.2 Å². The topological polar surface area (TPSA) is 66.9 Å². The summed E-state index contributed by atoms with van der Waals surface area (Å²) in [5, 5.41) is 5.55. The molecule has 2 heterocycles. The van der Waals surface area contributed by atoms with E-state index in [1.54, 1.807) is 18.5 Å². The summed E-state index contributed by atoms with van der Waals surface area (Å²) in [5.41, 5.74) is 1.77. The number of carbonyl (C=O) groups excluding carboxylic acids is 1. The third-order valence-electron chi connectivity index (χ3n) is 2.79. The molecule has 2 N–H and O–H groups in total. The third kappa shape index (κ3) is 3.77. The Hall–Kier alpha value is -1.95. The van der Waals surface area contributed by atoms with Gasteiger partial charge in [0.2, 0.25) is 0 Å². The minimum atomic E-state index is -0.296. The molecule has 2 amide bonds. The molecule has 0 spiro atoms. The fraction of sp³-hybridized carbons (Fsp3) is 0.214. The third-order valence-corrected chi connectivity index (χ3v) is 3.63. The summed E-state index contributed by atoms with van der Waals surface area (Å²) in [6.45, 7) is 3.77. The quantitative estimate of drug-likeness (QED) is 0.903. The number of amides is 2. The van der Waals surface area contributed by atoms with Gasteiger partial charge in [0.05, 0.1) is 11.7 Å². The lowest BCUT2D eigenvalue weighted by molar-refractivity contribution is 0.249. The lowest BCUT2D eigenvalue weighted by atomic mass is 10.1. The molecule has 0 aromatic carbocycles. The minimum absolute atomic E-state index is 0.125. The van der Waals surface area contributed by atoms with Crippen molar-refractivity contribution in [3.8, 4) is 0 Å². The Morgan fingerprint density at radius 2 is 2.15 bits per heavy atom. The lowest BCUT2D eigenvalue weighted by Gasteiger charge is -2.14. The van der Waals surface area contributed by atoms with E-state index in [0.29, 0.717) is 5.82 Å². The van der Waals surface area contributed by atoms with Crippen LogP contribution in [0.5, 0.6) is 0 Å². The van der Waals surface area contributed by atoms with Gasteiger partial charge in [-0.25, -0.2) is 9.78 Å². The van der Waals surface area contributed by atoms with E-state index in [9.17, 15) is 4.79 Å². The zero-order valence-corrected chi connectivity index (χ0v) is 12.8. The van der Waals surface area contributed by atoms with Crippen molar-refractivity contribution < 1.29 is 4.79 Å². The minimum Gasteiger partial charge on any atom is -0.331 e. The molecular formula is C14H15BrN4O. The maximum atomic E-state index is 11.9. The summed E-state index contributed by atoms with van der Waals surface area (Å²) in [7, 11) is 0. The fourth-order valence-electron chi connectivity index (χ4n) is 1.68. The van der Waals surface area contributed by atoms with Gasteiger partial charge in [0.1, 0.15) is 5.82 Å². The molecule has 2 rings (SSSR count). The van der Waals surface area contributed by atoms with Crippen molar-refractivity contribution in [3.05, 3.63) is 52.4 Å². The van der Waals surface area contributed by atoms with Gasteiger partial charge in [-0.1, -0.05) is 6.07 Å². The summed E-state index contributed by atoms with van der Waals surface area (Å²) in [6, 6.07) is 6.93. The number of pyridine rings is 2. The highest BCUT2D eigenvalue weighted by Gasteiger charge is 2.10. The average molecular weight is 335 g/mol. The highest BCUT2D eigenvalue weighted by atomic mass is 79.9. The Balaban J connectivity index is 1.97. The molecule has 6 heteroatoms. The van der Waals surface area contributed by atoms with Crippen molar-refractivity contribution in [1.82, 2.24) is 15.3 Å². The van der Waals surface area contributed by atoms with Crippen LogP contribution in [0.15, 0.2) is 41.1 Å². The molecule has 0 saturated heterocycles. The van der Waals surface area contributed by atoms with Crippen LogP contribution in [0.2, 0.25) is 0 Å². The van der Waals surface area contributed by atoms with E-state index in [1.807, 2.05) is 32.0 Å². The molecule has 0 aliphatic rings. The first-order valence-corrected chi connectivity index (χ1v) is 6.96. The first-order chi connectivity index (χ1) is 9.56. The Morgan fingerprint density at radius 1 is 1.35 bits per heavy atom. The van der Waals surface area contributed by atoms with Gasteiger partial charge in [-0.15, -0.1) is 0 Å². The number of carbonyl (C=O) groups is 1. The van der Waals surface area contributed by atoms with Crippen LogP contribution in [0.25, 0.3) is 0 Å². The van der Waals surface area contributed by atoms with Crippen molar-refractivity contribution in [2.75, 3.05) is 5.32 Å². The zero-order valence-electron chi connectivity index (χ0n) is 11.2. The zero-order chi connectivity index (χ0) is 14.5. The lowest BCUT2D eigenvalue weighted by Crippen LogP contribution is -2.31. The van der Waals surface area contributed by atoms with Crippen LogP contribution in [0.4, 0.5) is 10.6 Å². The van der Waals surface area contributed by atoms with Crippen LogP contribution in [-0.2, 0) is 0 Å². The molecule has 0 bridgehead atoms. The molecule has 0 aliphatic carbocycles. The van der Waals surface area contributed by atoms with Crippen molar-refractivity contribution in [2.45, 2.75) is 19.9 Å². The number of aryl methyl sites for hydroxylation is 1. The van der Waals surface area contributed by atoms with Gasteiger partial charge < -0.3 is 5.32 Å². The molecule has 0 fully saturated rings. The molecule has 0 saturated carbocycles. The highest BCUT2D eigenvalue weighted by molar-refractivity contribution is 9.10. The van der Waals surface area contributed by atoms with E-state index < -0.39 is 0 Å². The van der Waals surface area contributed by atoms with Gasteiger partial charge >= 0.3 is 6.03 Å². The van der Waals surface area contributed by atoms with E-state index in [1.165, 1.54) is 0 Å². The molecule has 5 nitrogen and oxygen atoms in total. The fourth-order valence-corrected chi connectivity index (χ4v) is 1.90. The van der Waals surface area contributed by atoms with Gasteiger partial charge in [0.25, 0.3) is 0 Å². The largest absolute Gasteiger partial charge is 0.331 e. The van der Waals surface area contributed by atoms with Crippen LogP contribution >= 0.6 is 15.9 Å². The molecular weight excluding hydrogens is 320 g/mol. The molecule has 20 heavy (non-hydrogen) atoms. The summed E-state index contributed by atoms with van der Waals surface area (Å²) in [5.74, 6) is 0.515. The van der Waals surface area contributed by atoms with Gasteiger partial charge in [-0.05, 0) is 53.5 Å². The number of nitrogens with zero attached hydrogens (tertiary/aromatic N) is 2. The summed E-state index contributed by atoms with van der Waals surface area (Å²) in [6.07, 6.45) is 3.43. The van der Waals surface area contributed by atoms with Crippen LogP contribution in [0, 0.1) is 6.92 Å². The first-order valence-electron chi connectivity index (χ1n) is 6.17. The number of halogens is 1. The van der Waals surface area contributed by atoms with Crippen LogP contribution in [-0.4, -0.2) is 16.0 Å². The van der Waals surface area contributed by atoms with E-state index in [4.69, 9.17) is 0 Å². The Kier molecular flexibility index (Phi) is 4.68. The number of rotatable bonds is 3. The molecule has 104 valence electrons. The predicted molar refractivity (Wildman–Crippen MR) is 81.5 cm³/mol. The normalized spacial score (nSPS) is 11.8. The van der Waals surface area contributed by atoms with E-state index >= 15 is 0 Å². The van der Waals surface area contributed by atoms with Crippen LogP contribution < -0.4 is 10.6 Å². The number of urea groups is 1. The van der Waals surface area contributed by atoms with Gasteiger partial charge in [-0.2, -0.15) is 0 Å². The van der Waals surface area contributed by atoms with Crippen molar-refractivity contribution >= 4 is 27.8 Å². The molecule has 0 radical (unpaired) electrons. The maximum Gasteiger partial charge on any atom is 0.320 e. The number of hydrogen-bond donors (Lipinski definition) is 2. The summed E-state index contributed by atoms with van der Waals surface area (Å²) < 4.78 is 0.909. The van der Waals surface area contributed by atoms with Crippen molar-refractivity contribution in [3.63, 3.8) is 0 Å². The highest BCUT2D eigenvalue weighted by Crippen LogP contribution is 2.16. The smallest absolute Gasteiger partial charge is 0.320 e. The van der Waals surface area contributed by atoms with Crippen molar-refractivity contribution in [1.29, 1.82) is 0 Å². The Bertz CT molecular complexity index is 603. The van der Waals surface area contributed by atoms with Crippen LogP contribution in [0.3, 0.4) is 0 Å². The molecule has 1 atom stereocenters. The van der Waals surface area contributed by atoms with Gasteiger partial charge in [0.15, 0.2) is 0 Å². The number of hydrogen-bond acceptors (Lipinski definition) is 3. The average Bonchev–Trinajstić information content (AvgIpc) is 2.44. The predicted octanol–water partition coefficient (Wildman–Crippen LogP) is 3.43. The summed E-state index contributed by atoms with van der Waals surface area (Å²) in [4.78, 5) is 20.2. The Labute approximate surface area is 126 Å². The second-order valence-electron chi connectivity index (χ2n) is 4.37. The second-order valence-corrected chi connectivity index (χ2v) is 5.22. The number of aromatic nitrogens is 2. The summed E-state index contributed by atoms with van der Waals surface area (Å²) >= 11 is 3.37. The maximum absolute atomic E-state index is 11.9. The van der Waals surface area contributed by atoms with E-state index in [0.717, 1.165) is 15.7 Å². The van der Waals surface area contributed by atoms with Gasteiger partial charge in [-0.3, -0.25) is 10.3 Å². The monoisotopic (exact) mass is 334 g/mol. The molecule has 0 unspecified atom stereocenters. The molecule has 2 aromatic heterocycles. The number of nitrogens with one attached hydrogen (secondary N) is 2. The van der Waals surface area contributed by atoms with Gasteiger partial charge in [0, 0.05) is 16.9 Å². The standard InChI is InChI=1S/C14H15BrN4O/c1-9(11-4-3-7-16-8-11)18-14(20)19-13-6-5-12(15)10(2)17-13/h3-9H,1-2H3,(H2,17,18,19,20)/t9-/m1/s1. The number of anilines is 1. The molecule has 0 aliphatic heterocycles. The molecule has 2 aromatic rings. The van der Waals surface area contributed by atoms with Crippen molar-refractivity contribution in [2.24, 2.45) is 0 Å². The first kappa shape index (κ1) is 14.5. The van der Waals surface area contributed by atoms with E-state index in [-0.39, 0.29) is 12.1 Å². The SMILES string of the molecule is Cc1nc(NC(=O)N[C@H](C)c2cccnc2)ccc1Br.